The van der Waals surface area contributed by atoms with Gasteiger partial charge in [-0.3, -0.25) is 9.59 Å². The molecule has 1 aromatic heterocycles. The van der Waals surface area contributed by atoms with Crippen LogP contribution < -0.4 is 25.2 Å². The molecule has 0 saturated carbocycles. The summed E-state index contributed by atoms with van der Waals surface area (Å²) in [6.07, 6.45) is 0. The predicted molar refractivity (Wildman–Crippen MR) is 120 cm³/mol. The van der Waals surface area contributed by atoms with Gasteiger partial charge in [-0.2, -0.15) is 5.10 Å². The van der Waals surface area contributed by atoms with Crippen molar-refractivity contribution >= 4 is 23.3 Å². The van der Waals surface area contributed by atoms with Crippen molar-refractivity contribution < 1.29 is 28.5 Å². The first-order valence-electron chi connectivity index (χ1n) is 10.7. The molecule has 1 aliphatic rings. The quantitative estimate of drug-likeness (QED) is 0.550. The van der Waals surface area contributed by atoms with Gasteiger partial charge < -0.3 is 29.2 Å². The third kappa shape index (κ3) is 6.22. The molecule has 1 fully saturated rings. The first kappa shape index (κ1) is 24.1. The molecule has 0 radical (unpaired) electrons. The number of rotatable bonds is 9. The standard InChI is InChI=1S/C22H28N4O7/c1-4-31-18-13-17(26-8-10-30-11-9-26)19(32-5-2)12-16(18)23-20(27)14-33-22(29)15-6-7-21(28)25(3)24-15/h6-7,12-13H,4-5,8-11,14H2,1-3H3,(H,23,27). The second-order valence-electron chi connectivity index (χ2n) is 7.09. The number of nitrogens with zero attached hydrogens (tertiary/aromatic N) is 3. The number of carbonyl (C=O) groups excluding carboxylic acids is 2. The first-order valence-corrected chi connectivity index (χ1v) is 10.7. The maximum Gasteiger partial charge on any atom is 0.359 e. The minimum atomic E-state index is -0.816. The normalized spacial score (nSPS) is 13.4. The lowest BCUT2D eigenvalue weighted by molar-refractivity contribution is -0.119. The average Bonchev–Trinajstić information content (AvgIpc) is 2.81. The van der Waals surface area contributed by atoms with Gasteiger partial charge in [0.25, 0.3) is 11.5 Å². The van der Waals surface area contributed by atoms with Crippen LogP contribution in [0.1, 0.15) is 24.3 Å². The summed E-state index contributed by atoms with van der Waals surface area (Å²) in [6, 6.07) is 5.97. The summed E-state index contributed by atoms with van der Waals surface area (Å²) in [7, 11) is 1.41. The molecule has 0 bridgehead atoms. The molecule has 11 nitrogen and oxygen atoms in total. The van der Waals surface area contributed by atoms with Gasteiger partial charge in [0.05, 0.1) is 37.8 Å². The number of aryl methyl sites for hydroxylation is 1. The highest BCUT2D eigenvalue weighted by Gasteiger charge is 2.21. The lowest BCUT2D eigenvalue weighted by Gasteiger charge is -2.31. The van der Waals surface area contributed by atoms with E-state index >= 15 is 0 Å². The summed E-state index contributed by atoms with van der Waals surface area (Å²) in [6.45, 7) is 6.69. The summed E-state index contributed by atoms with van der Waals surface area (Å²) < 4.78 is 23.0. The smallest absolute Gasteiger partial charge is 0.359 e. The summed E-state index contributed by atoms with van der Waals surface area (Å²) in [4.78, 5) is 38.2. The Bertz CT molecular complexity index is 1050. The van der Waals surface area contributed by atoms with Gasteiger partial charge in [0.15, 0.2) is 12.3 Å². The Kier molecular flexibility index (Phi) is 8.25. The molecule has 0 atom stereocenters. The van der Waals surface area contributed by atoms with E-state index in [4.69, 9.17) is 18.9 Å². The van der Waals surface area contributed by atoms with E-state index < -0.39 is 18.5 Å². The monoisotopic (exact) mass is 460 g/mol. The Labute approximate surface area is 191 Å². The van der Waals surface area contributed by atoms with E-state index in [9.17, 15) is 14.4 Å². The van der Waals surface area contributed by atoms with E-state index in [1.54, 1.807) is 6.07 Å². The zero-order valence-corrected chi connectivity index (χ0v) is 19.0. The van der Waals surface area contributed by atoms with Crippen LogP contribution in [-0.4, -0.2) is 67.8 Å². The molecule has 1 saturated heterocycles. The number of benzene rings is 1. The Balaban J connectivity index is 1.74. The van der Waals surface area contributed by atoms with Crippen molar-refractivity contribution in [3.8, 4) is 11.5 Å². The van der Waals surface area contributed by atoms with Crippen LogP contribution in [0.25, 0.3) is 0 Å². The van der Waals surface area contributed by atoms with Gasteiger partial charge in [-0.25, -0.2) is 9.48 Å². The van der Waals surface area contributed by atoms with Crippen LogP contribution >= 0.6 is 0 Å². The van der Waals surface area contributed by atoms with Crippen LogP contribution in [0.15, 0.2) is 29.1 Å². The third-order valence-corrected chi connectivity index (χ3v) is 4.79. The topological polar surface area (TPSA) is 121 Å². The molecule has 178 valence electrons. The lowest BCUT2D eigenvalue weighted by Crippen LogP contribution is -2.36. The number of ether oxygens (including phenoxy) is 4. The molecule has 2 heterocycles. The van der Waals surface area contributed by atoms with Gasteiger partial charge in [0, 0.05) is 38.3 Å². The van der Waals surface area contributed by atoms with E-state index in [2.05, 4.69) is 15.3 Å². The highest BCUT2D eigenvalue weighted by Crippen LogP contribution is 2.39. The van der Waals surface area contributed by atoms with Gasteiger partial charge in [0.2, 0.25) is 0 Å². The van der Waals surface area contributed by atoms with Gasteiger partial charge in [-0.05, 0) is 19.9 Å². The van der Waals surface area contributed by atoms with E-state index in [1.165, 1.54) is 19.2 Å². The van der Waals surface area contributed by atoms with Crippen molar-refractivity contribution in [1.29, 1.82) is 0 Å². The second-order valence-corrected chi connectivity index (χ2v) is 7.09. The van der Waals surface area contributed by atoms with Crippen molar-refractivity contribution in [2.75, 3.05) is 56.3 Å². The average molecular weight is 460 g/mol. The molecule has 3 rings (SSSR count). The maximum atomic E-state index is 12.5. The number of carbonyl (C=O) groups is 2. The van der Waals surface area contributed by atoms with Gasteiger partial charge in [0.1, 0.15) is 11.5 Å². The molecule has 33 heavy (non-hydrogen) atoms. The lowest BCUT2D eigenvalue weighted by atomic mass is 10.2. The van der Waals surface area contributed by atoms with E-state index in [0.29, 0.717) is 56.7 Å². The van der Waals surface area contributed by atoms with Crippen LogP contribution in [0, 0.1) is 0 Å². The van der Waals surface area contributed by atoms with Gasteiger partial charge in [-0.1, -0.05) is 0 Å². The number of amides is 1. The molecule has 11 heteroatoms. The summed E-state index contributed by atoms with van der Waals surface area (Å²) in [5.74, 6) is -0.300. The van der Waals surface area contributed by atoms with E-state index in [1.807, 2.05) is 19.9 Å². The van der Waals surface area contributed by atoms with Crippen molar-refractivity contribution in [3.05, 3.63) is 40.3 Å². The largest absolute Gasteiger partial charge is 0.492 e. The molecule has 0 aliphatic carbocycles. The Hall–Kier alpha value is -3.60. The highest BCUT2D eigenvalue weighted by molar-refractivity contribution is 5.96. The fourth-order valence-electron chi connectivity index (χ4n) is 3.25. The molecular formula is C22H28N4O7. The molecule has 1 aromatic carbocycles. The van der Waals surface area contributed by atoms with Crippen molar-refractivity contribution in [3.63, 3.8) is 0 Å². The molecule has 0 spiro atoms. The summed E-state index contributed by atoms with van der Waals surface area (Å²) in [5, 5.41) is 6.52. The van der Waals surface area contributed by atoms with Crippen LogP contribution in [0.5, 0.6) is 11.5 Å². The number of esters is 1. The fraction of sp³-hybridized carbons (Fsp3) is 0.455. The van der Waals surface area contributed by atoms with Crippen LogP contribution in [0.2, 0.25) is 0 Å². The molecule has 0 unspecified atom stereocenters. The van der Waals surface area contributed by atoms with Crippen LogP contribution in [0.3, 0.4) is 0 Å². The SMILES string of the molecule is CCOc1cc(N2CCOCC2)c(OCC)cc1NC(=O)COC(=O)c1ccc(=O)n(C)n1. The second kappa shape index (κ2) is 11.3. The number of morpholine rings is 1. The van der Waals surface area contributed by atoms with E-state index in [-0.39, 0.29) is 11.3 Å². The minimum absolute atomic E-state index is 0.0756. The molecule has 1 amide bonds. The van der Waals surface area contributed by atoms with Crippen molar-refractivity contribution in [2.24, 2.45) is 7.05 Å². The van der Waals surface area contributed by atoms with Crippen molar-refractivity contribution in [2.45, 2.75) is 13.8 Å². The van der Waals surface area contributed by atoms with E-state index in [0.717, 1.165) is 10.4 Å². The zero-order valence-electron chi connectivity index (χ0n) is 19.0. The number of hydrogen-bond acceptors (Lipinski definition) is 9. The molecular weight excluding hydrogens is 432 g/mol. The molecule has 1 N–H and O–H groups in total. The maximum absolute atomic E-state index is 12.5. The third-order valence-electron chi connectivity index (χ3n) is 4.79. The number of hydrogen-bond donors (Lipinski definition) is 1. The number of anilines is 2. The van der Waals surface area contributed by atoms with Gasteiger partial charge >= 0.3 is 5.97 Å². The van der Waals surface area contributed by atoms with Gasteiger partial charge in [-0.15, -0.1) is 0 Å². The highest BCUT2D eigenvalue weighted by atomic mass is 16.5. The van der Waals surface area contributed by atoms with Crippen molar-refractivity contribution in [1.82, 2.24) is 9.78 Å². The molecule has 1 aliphatic heterocycles. The summed E-state index contributed by atoms with van der Waals surface area (Å²) >= 11 is 0. The van der Waals surface area contributed by atoms with Crippen LogP contribution in [-0.2, 0) is 21.3 Å². The zero-order chi connectivity index (χ0) is 23.8. The Morgan fingerprint density at radius 3 is 2.45 bits per heavy atom. The summed E-state index contributed by atoms with van der Waals surface area (Å²) in [5.41, 5.74) is 0.819. The first-order chi connectivity index (χ1) is 15.9. The Morgan fingerprint density at radius 1 is 1.09 bits per heavy atom. The van der Waals surface area contributed by atoms with Crippen LogP contribution in [0.4, 0.5) is 11.4 Å². The molecule has 2 aromatic rings. The fourth-order valence-corrected chi connectivity index (χ4v) is 3.25. The minimum Gasteiger partial charge on any atom is -0.492 e. The number of nitrogens with one attached hydrogen (secondary N) is 1. The predicted octanol–water partition coefficient (Wildman–Crippen LogP) is 1.21. The Morgan fingerprint density at radius 2 is 1.79 bits per heavy atom. The number of aromatic nitrogens is 2.